The van der Waals surface area contributed by atoms with Gasteiger partial charge in [-0.2, -0.15) is 0 Å². The monoisotopic (exact) mass is 344 g/mol. The van der Waals surface area contributed by atoms with Gasteiger partial charge in [-0.3, -0.25) is 15.5 Å². The Morgan fingerprint density at radius 1 is 1.43 bits per heavy atom. The minimum atomic E-state index is -0.682. The van der Waals surface area contributed by atoms with Crippen molar-refractivity contribution >= 4 is 29.1 Å². The molecule has 0 aliphatic heterocycles. The summed E-state index contributed by atoms with van der Waals surface area (Å²) >= 11 is 5.89. The molecule has 0 aromatic carbocycles. The summed E-state index contributed by atoms with van der Waals surface area (Å²) in [6.07, 6.45) is -0.640. The number of ether oxygens (including phenoxy) is 1. The number of nitrogens with one attached hydrogen (secondary N) is 1. The fourth-order valence-corrected chi connectivity index (χ4v) is 2.05. The quantitative estimate of drug-likeness (QED) is 0.506. The molecule has 1 aromatic rings. The number of carbonyl (C=O) groups excluding carboxylic acids is 1. The van der Waals surface area contributed by atoms with Crippen LogP contribution in [0.3, 0.4) is 0 Å². The normalized spacial score (nSPS) is 11.1. The number of hydrazine groups is 1. The van der Waals surface area contributed by atoms with Gasteiger partial charge < -0.3 is 4.74 Å². The maximum Gasteiger partial charge on any atom is 0.429 e. The topological polar surface area (TPSA) is 97.6 Å². The van der Waals surface area contributed by atoms with Gasteiger partial charge in [0.05, 0.1) is 4.92 Å². The van der Waals surface area contributed by atoms with E-state index < -0.39 is 16.6 Å². The average molecular weight is 345 g/mol. The van der Waals surface area contributed by atoms with Gasteiger partial charge in [0.2, 0.25) is 5.15 Å². The van der Waals surface area contributed by atoms with Crippen molar-refractivity contribution in [2.45, 2.75) is 47.1 Å². The van der Waals surface area contributed by atoms with Crippen LogP contribution in [0.1, 0.15) is 39.0 Å². The highest BCUT2D eigenvalue weighted by atomic mass is 35.5. The first-order valence-corrected chi connectivity index (χ1v) is 7.44. The number of nitrogens with zero attached hydrogens (tertiary/aromatic N) is 3. The molecule has 23 heavy (non-hydrogen) atoms. The molecule has 0 radical (unpaired) electrons. The first kappa shape index (κ1) is 19.0. The number of aryl methyl sites for hydroxylation is 1. The Bertz CT molecular complexity index is 628. The number of nitro groups is 1. The van der Waals surface area contributed by atoms with Crippen LogP contribution in [0.15, 0.2) is 0 Å². The Morgan fingerprint density at radius 2 is 2.00 bits per heavy atom. The number of anilines is 1. The molecular weight excluding hydrogens is 324 g/mol. The molecule has 0 fully saturated rings. The van der Waals surface area contributed by atoms with Gasteiger partial charge in [-0.1, -0.05) is 11.6 Å². The first-order chi connectivity index (χ1) is 10.5. The SMILES string of the molecule is CCN(Nc1c(C)c(C)nc(Cl)c1[N+](=O)[O-])C(=O)OC(C)(C)C. The number of amides is 1. The third-order valence-electron chi connectivity index (χ3n) is 2.98. The minimum Gasteiger partial charge on any atom is -0.442 e. The number of pyridine rings is 1. The predicted molar refractivity (Wildman–Crippen MR) is 87.6 cm³/mol. The van der Waals surface area contributed by atoms with E-state index in [0.717, 1.165) is 5.01 Å². The molecule has 0 unspecified atom stereocenters. The van der Waals surface area contributed by atoms with Gasteiger partial charge >= 0.3 is 11.8 Å². The number of rotatable bonds is 4. The fraction of sp³-hybridized carbons (Fsp3) is 0.571. The molecule has 0 saturated carbocycles. The van der Waals surface area contributed by atoms with Crippen molar-refractivity contribution in [2.75, 3.05) is 12.0 Å². The Balaban J connectivity index is 3.25. The summed E-state index contributed by atoms with van der Waals surface area (Å²) in [6, 6.07) is 0. The Morgan fingerprint density at radius 3 is 2.43 bits per heavy atom. The lowest BCUT2D eigenvalue weighted by molar-refractivity contribution is -0.384. The van der Waals surface area contributed by atoms with Crippen LogP contribution in [0.25, 0.3) is 0 Å². The van der Waals surface area contributed by atoms with E-state index in [9.17, 15) is 14.9 Å². The van der Waals surface area contributed by atoms with Crippen molar-refractivity contribution < 1.29 is 14.5 Å². The Labute approximate surface area is 139 Å². The van der Waals surface area contributed by atoms with E-state index >= 15 is 0 Å². The molecular formula is C14H21ClN4O4. The van der Waals surface area contributed by atoms with E-state index in [-0.39, 0.29) is 23.1 Å². The lowest BCUT2D eigenvalue weighted by Gasteiger charge is -2.28. The summed E-state index contributed by atoms with van der Waals surface area (Å²) in [5.74, 6) is 0. The summed E-state index contributed by atoms with van der Waals surface area (Å²) < 4.78 is 5.27. The van der Waals surface area contributed by atoms with Crippen LogP contribution >= 0.6 is 11.6 Å². The molecule has 128 valence electrons. The highest BCUT2D eigenvalue weighted by Gasteiger charge is 2.28. The molecule has 0 atom stereocenters. The van der Waals surface area contributed by atoms with E-state index in [2.05, 4.69) is 10.4 Å². The molecule has 1 N–H and O–H groups in total. The Hall–Kier alpha value is -2.09. The molecule has 0 aliphatic carbocycles. The maximum atomic E-state index is 12.2. The third kappa shape index (κ3) is 4.69. The van der Waals surface area contributed by atoms with Crippen molar-refractivity contribution in [3.05, 3.63) is 26.5 Å². The molecule has 1 aromatic heterocycles. The van der Waals surface area contributed by atoms with E-state index in [4.69, 9.17) is 16.3 Å². The Kier molecular flexibility index (Phi) is 5.76. The second kappa shape index (κ2) is 6.99. The van der Waals surface area contributed by atoms with Gasteiger partial charge in [0.25, 0.3) is 0 Å². The predicted octanol–water partition coefficient (Wildman–Crippen LogP) is 3.84. The van der Waals surface area contributed by atoms with Crippen molar-refractivity contribution in [1.82, 2.24) is 9.99 Å². The molecule has 1 rings (SSSR count). The van der Waals surface area contributed by atoms with E-state index in [0.29, 0.717) is 11.3 Å². The van der Waals surface area contributed by atoms with E-state index in [1.807, 2.05) is 0 Å². The lowest BCUT2D eigenvalue weighted by atomic mass is 10.1. The van der Waals surface area contributed by atoms with Crippen LogP contribution < -0.4 is 5.43 Å². The molecule has 0 aliphatic rings. The largest absolute Gasteiger partial charge is 0.442 e. The molecule has 9 heteroatoms. The van der Waals surface area contributed by atoms with Crippen LogP contribution in [0, 0.1) is 24.0 Å². The summed E-state index contributed by atoms with van der Waals surface area (Å²) in [5.41, 5.74) is 2.87. The van der Waals surface area contributed by atoms with Gasteiger partial charge in [-0.25, -0.2) is 14.8 Å². The third-order valence-corrected chi connectivity index (χ3v) is 3.24. The average Bonchev–Trinajstić information content (AvgIpc) is 2.38. The minimum absolute atomic E-state index is 0.125. The molecule has 0 spiro atoms. The summed E-state index contributed by atoms with van der Waals surface area (Å²) in [6.45, 7) is 10.5. The molecule has 8 nitrogen and oxygen atoms in total. The van der Waals surface area contributed by atoms with Gasteiger partial charge in [0.15, 0.2) is 0 Å². The summed E-state index contributed by atoms with van der Waals surface area (Å²) in [7, 11) is 0. The van der Waals surface area contributed by atoms with Crippen molar-refractivity contribution in [2.24, 2.45) is 0 Å². The molecule has 1 heterocycles. The number of carbonyl (C=O) groups is 1. The highest BCUT2D eigenvalue weighted by molar-refractivity contribution is 6.32. The molecule has 1 amide bonds. The van der Waals surface area contributed by atoms with Crippen LogP contribution in [0.4, 0.5) is 16.2 Å². The number of halogens is 1. The van der Waals surface area contributed by atoms with E-state index in [1.54, 1.807) is 41.5 Å². The van der Waals surface area contributed by atoms with Gasteiger partial charge in [0, 0.05) is 17.8 Å². The lowest BCUT2D eigenvalue weighted by Crippen LogP contribution is -2.40. The van der Waals surface area contributed by atoms with Crippen LogP contribution in [-0.2, 0) is 4.74 Å². The van der Waals surface area contributed by atoms with Crippen molar-refractivity contribution in [1.29, 1.82) is 0 Å². The standard InChI is InChI=1S/C14H21ClN4O4/c1-7-18(13(20)23-14(4,5)6)17-10-8(2)9(3)16-12(15)11(10)19(21)22/h7H2,1-6H3,(H,16,17). The van der Waals surface area contributed by atoms with Crippen molar-refractivity contribution in [3.8, 4) is 0 Å². The summed E-state index contributed by atoms with van der Waals surface area (Å²) in [5, 5.41) is 12.2. The van der Waals surface area contributed by atoms with Crippen LogP contribution in [0.2, 0.25) is 5.15 Å². The number of aromatic nitrogens is 1. The zero-order valence-corrected chi connectivity index (χ0v) is 14.8. The number of hydrogen-bond acceptors (Lipinski definition) is 6. The first-order valence-electron chi connectivity index (χ1n) is 7.06. The molecule has 0 bridgehead atoms. The van der Waals surface area contributed by atoms with E-state index in [1.165, 1.54) is 0 Å². The van der Waals surface area contributed by atoms with Crippen LogP contribution in [0.5, 0.6) is 0 Å². The second-order valence-corrected chi connectivity index (χ2v) is 6.29. The second-order valence-electron chi connectivity index (χ2n) is 5.93. The molecule has 0 saturated heterocycles. The van der Waals surface area contributed by atoms with Crippen LogP contribution in [-0.4, -0.2) is 33.2 Å². The fourth-order valence-electron chi connectivity index (χ4n) is 1.75. The number of hydrogen-bond donors (Lipinski definition) is 1. The zero-order valence-electron chi connectivity index (χ0n) is 14.1. The summed E-state index contributed by atoms with van der Waals surface area (Å²) in [4.78, 5) is 26.8. The van der Waals surface area contributed by atoms with Gasteiger partial charge in [-0.15, -0.1) is 0 Å². The van der Waals surface area contributed by atoms with Gasteiger partial charge in [0.1, 0.15) is 11.3 Å². The highest BCUT2D eigenvalue weighted by Crippen LogP contribution is 2.35. The maximum absolute atomic E-state index is 12.2. The van der Waals surface area contributed by atoms with Gasteiger partial charge in [-0.05, 0) is 41.5 Å². The zero-order chi connectivity index (χ0) is 17.9. The smallest absolute Gasteiger partial charge is 0.429 e. The van der Waals surface area contributed by atoms with Crippen molar-refractivity contribution in [3.63, 3.8) is 0 Å².